The molecule has 0 aliphatic carbocycles. The van der Waals surface area contributed by atoms with Gasteiger partial charge in [0.25, 0.3) is 0 Å². The molecule has 1 N–H and O–H groups in total. The van der Waals surface area contributed by atoms with Gasteiger partial charge in [-0.25, -0.2) is 0 Å². The zero-order valence-electron chi connectivity index (χ0n) is 12.7. The van der Waals surface area contributed by atoms with Gasteiger partial charge in [0, 0.05) is 6.54 Å². The molecule has 0 saturated carbocycles. The van der Waals surface area contributed by atoms with Crippen molar-refractivity contribution >= 4 is 0 Å². The first-order valence-electron chi connectivity index (χ1n) is 7.02. The molecule has 1 aromatic heterocycles. The molecule has 20 heavy (non-hydrogen) atoms. The van der Waals surface area contributed by atoms with Crippen LogP contribution in [0.25, 0.3) is 0 Å². The first kappa shape index (κ1) is 14.6. The van der Waals surface area contributed by atoms with Crippen molar-refractivity contribution in [3.05, 3.63) is 47.3 Å². The zero-order chi connectivity index (χ0) is 14.5. The summed E-state index contributed by atoms with van der Waals surface area (Å²) in [4.78, 5) is 0. The maximum absolute atomic E-state index is 5.44. The lowest BCUT2D eigenvalue weighted by Crippen LogP contribution is -2.23. The molecule has 1 heterocycles. The number of hydrogen-bond acceptors (Lipinski definition) is 3. The molecule has 0 aliphatic heterocycles. The Morgan fingerprint density at radius 3 is 2.55 bits per heavy atom. The molecule has 0 fully saturated rings. The van der Waals surface area contributed by atoms with Gasteiger partial charge < -0.3 is 10.1 Å². The van der Waals surface area contributed by atoms with E-state index in [1.165, 1.54) is 11.1 Å². The summed E-state index contributed by atoms with van der Waals surface area (Å²) in [7, 11) is 3.67. The Hall–Kier alpha value is -1.81. The van der Waals surface area contributed by atoms with Crippen LogP contribution in [-0.4, -0.2) is 23.9 Å². The van der Waals surface area contributed by atoms with Crippen molar-refractivity contribution in [2.24, 2.45) is 0 Å². The third-order valence-electron chi connectivity index (χ3n) is 3.60. The number of methoxy groups -OCH3 is 1. The van der Waals surface area contributed by atoms with Crippen LogP contribution in [0.5, 0.6) is 5.75 Å². The van der Waals surface area contributed by atoms with Crippen LogP contribution in [0.2, 0.25) is 0 Å². The highest BCUT2D eigenvalue weighted by Crippen LogP contribution is 2.27. The Bertz CT molecular complexity index is 524. The Labute approximate surface area is 120 Å². The van der Waals surface area contributed by atoms with Crippen molar-refractivity contribution in [1.29, 1.82) is 0 Å². The second-order valence-corrected chi connectivity index (χ2v) is 4.94. The number of aromatic nitrogens is 2. The van der Waals surface area contributed by atoms with Crippen LogP contribution in [0.1, 0.15) is 29.8 Å². The van der Waals surface area contributed by atoms with E-state index >= 15 is 0 Å². The maximum Gasteiger partial charge on any atom is 0.161 e. The van der Waals surface area contributed by atoms with Gasteiger partial charge in [0.05, 0.1) is 25.0 Å². The standard InChI is InChI=1S/C16H23N3O/c1-5-19-16(15(20-4)11-18-19)14(17-3)10-13-8-6-12(2)7-9-13/h6-9,11,14,17H,5,10H2,1-4H3. The van der Waals surface area contributed by atoms with E-state index in [0.717, 1.165) is 24.4 Å². The average Bonchev–Trinajstić information content (AvgIpc) is 2.89. The molecule has 108 valence electrons. The van der Waals surface area contributed by atoms with Crippen molar-refractivity contribution in [1.82, 2.24) is 15.1 Å². The number of aryl methyl sites for hydroxylation is 2. The monoisotopic (exact) mass is 273 g/mol. The molecule has 1 aromatic carbocycles. The summed E-state index contributed by atoms with van der Waals surface area (Å²) in [6.45, 7) is 5.04. The van der Waals surface area contributed by atoms with Gasteiger partial charge >= 0.3 is 0 Å². The molecule has 0 bridgehead atoms. The predicted octanol–water partition coefficient (Wildman–Crippen LogP) is 2.72. The quantitative estimate of drug-likeness (QED) is 0.879. The second-order valence-electron chi connectivity index (χ2n) is 4.94. The lowest BCUT2D eigenvalue weighted by molar-refractivity contribution is 0.394. The highest BCUT2D eigenvalue weighted by molar-refractivity contribution is 5.31. The van der Waals surface area contributed by atoms with Gasteiger partial charge in [0.2, 0.25) is 0 Å². The van der Waals surface area contributed by atoms with E-state index in [1.54, 1.807) is 13.3 Å². The second kappa shape index (κ2) is 6.57. The first-order chi connectivity index (χ1) is 9.69. The minimum absolute atomic E-state index is 0.190. The van der Waals surface area contributed by atoms with Gasteiger partial charge in [-0.3, -0.25) is 4.68 Å². The van der Waals surface area contributed by atoms with E-state index in [2.05, 4.69) is 48.5 Å². The maximum atomic E-state index is 5.44. The van der Waals surface area contributed by atoms with Gasteiger partial charge in [0.15, 0.2) is 5.75 Å². The van der Waals surface area contributed by atoms with Crippen molar-refractivity contribution in [2.75, 3.05) is 14.2 Å². The van der Waals surface area contributed by atoms with Crippen LogP contribution in [0.3, 0.4) is 0 Å². The summed E-state index contributed by atoms with van der Waals surface area (Å²) in [5.74, 6) is 0.846. The number of hydrogen-bond donors (Lipinski definition) is 1. The number of ether oxygens (including phenoxy) is 1. The Kier molecular flexibility index (Phi) is 4.79. The largest absolute Gasteiger partial charge is 0.493 e. The Morgan fingerprint density at radius 2 is 2.00 bits per heavy atom. The first-order valence-corrected chi connectivity index (χ1v) is 7.02. The minimum Gasteiger partial charge on any atom is -0.493 e. The normalized spacial score (nSPS) is 12.4. The van der Waals surface area contributed by atoms with E-state index in [4.69, 9.17) is 4.74 Å². The van der Waals surface area contributed by atoms with Crippen LogP contribution >= 0.6 is 0 Å². The molecule has 0 amide bonds. The van der Waals surface area contributed by atoms with Crippen LogP contribution in [0.4, 0.5) is 0 Å². The number of benzene rings is 1. The molecule has 0 aliphatic rings. The fourth-order valence-corrected chi connectivity index (χ4v) is 2.43. The van der Waals surface area contributed by atoms with E-state index < -0.39 is 0 Å². The summed E-state index contributed by atoms with van der Waals surface area (Å²) in [5.41, 5.74) is 3.70. The fraction of sp³-hybridized carbons (Fsp3) is 0.438. The van der Waals surface area contributed by atoms with Gasteiger partial charge in [-0.2, -0.15) is 5.10 Å². The molecular formula is C16H23N3O. The van der Waals surface area contributed by atoms with E-state index in [0.29, 0.717) is 0 Å². The Morgan fingerprint density at radius 1 is 1.30 bits per heavy atom. The van der Waals surface area contributed by atoms with Crippen molar-refractivity contribution < 1.29 is 4.74 Å². The fourth-order valence-electron chi connectivity index (χ4n) is 2.43. The van der Waals surface area contributed by atoms with E-state index in [1.807, 2.05) is 11.7 Å². The van der Waals surface area contributed by atoms with Crippen molar-refractivity contribution in [3.63, 3.8) is 0 Å². The molecule has 2 aromatic rings. The molecule has 0 saturated heterocycles. The predicted molar refractivity (Wildman–Crippen MR) is 81.1 cm³/mol. The van der Waals surface area contributed by atoms with E-state index in [9.17, 15) is 0 Å². The van der Waals surface area contributed by atoms with Crippen LogP contribution in [0, 0.1) is 6.92 Å². The molecule has 0 radical (unpaired) electrons. The van der Waals surface area contributed by atoms with Gasteiger partial charge in [-0.15, -0.1) is 0 Å². The zero-order valence-corrected chi connectivity index (χ0v) is 12.7. The molecule has 4 heteroatoms. The average molecular weight is 273 g/mol. The lowest BCUT2D eigenvalue weighted by atomic mass is 10.0. The number of likely N-dealkylation sites (N-methyl/N-ethyl adjacent to an activating group) is 1. The third kappa shape index (κ3) is 3.02. The van der Waals surface area contributed by atoms with Gasteiger partial charge in [-0.05, 0) is 32.9 Å². The minimum atomic E-state index is 0.190. The molecule has 4 nitrogen and oxygen atoms in total. The third-order valence-corrected chi connectivity index (χ3v) is 3.60. The summed E-state index contributed by atoms with van der Waals surface area (Å²) in [5, 5.41) is 7.76. The number of nitrogens with zero attached hydrogens (tertiary/aromatic N) is 2. The molecule has 2 rings (SSSR count). The molecule has 0 spiro atoms. The SMILES string of the molecule is CCn1ncc(OC)c1C(Cc1ccc(C)cc1)NC. The smallest absolute Gasteiger partial charge is 0.161 e. The lowest BCUT2D eigenvalue weighted by Gasteiger charge is -2.19. The van der Waals surface area contributed by atoms with Crippen molar-refractivity contribution in [2.45, 2.75) is 32.9 Å². The molecule has 1 unspecified atom stereocenters. The highest BCUT2D eigenvalue weighted by Gasteiger charge is 2.20. The number of rotatable bonds is 6. The van der Waals surface area contributed by atoms with Crippen molar-refractivity contribution in [3.8, 4) is 5.75 Å². The van der Waals surface area contributed by atoms with Gasteiger partial charge in [0.1, 0.15) is 0 Å². The molecule has 1 atom stereocenters. The van der Waals surface area contributed by atoms with Crippen LogP contribution in [-0.2, 0) is 13.0 Å². The van der Waals surface area contributed by atoms with Crippen LogP contribution in [0.15, 0.2) is 30.5 Å². The summed E-state index contributed by atoms with van der Waals surface area (Å²) in [6.07, 6.45) is 2.71. The summed E-state index contributed by atoms with van der Waals surface area (Å²) >= 11 is 0. The molecular weight excluding hydrogens is 250 g/mol. The van der Waals surface area contributed by atoms with Crippen LogP contribution < -0.4 is 10.1 Å². The van der Waals surface area contributed by atoms with Gasteiger partial charge in [-0.1, -0.05) is 29.8 Å². The number of nitrogens with one attached hydrogen (secondary N) is 1. The summed E-state index contributed by atoms with van der Waals surface area (Å²) < 4.78 is 7.44. The summed E-state index contributed by atoms with van der Waals surface area (Å²) in [6, 6.07) is 8.85. The highest BCUT2D eigenvalue weighted by atomic mass is 16.5. The topological polar surface area (TPSA) is 39.1 Å². The van der Waals surface area contributed by atoms with E-state index in [-0.39, 0.29) is 6.04 Å². The Balaban J connectivity index is 2.27.